The molecule has 2 aliphatic carbocycles. The van der Waals surface area contributed by atoms with Crippen LogP contribution in [0.1, 0.15) is 57.9 Å². The van der Waals surface area contributed by atoms with Crippen LogP contribution in [-0.4, -0.2) is 6.61 Å². The van der Waals surface area contributed by atoms with Crippen LogP contribution in [0.3, 0.4) is 0 Å². The third kappa shape index (κ3) is 3.84. The highest BCUT2D eigenvalue weighted by molar-refractivity contribution is 5.73. The zero-order chi connectivity index (χ0) is 20.4. The van der Waals surface area contributed by atoms with Gasteiger partial charge in [0.2, 0.25) is 5.82 Å². The van der Waals surface area contributed by atoms with Crippen LogP contribution in [0.25, 0.3) is 16.7 Å². The van der Waals surface area contributed by atoms with Gasteiger partial charge in [-0.2, -0.15) is 4.39 Å². The summed E-state index contributed by atoms with van der Waals surface area (Å²) in [6.45, 7) is 4.59. The Morgan fingerprint density at radius 1 is 0.897 bits per heavy atom. The lowest BCUT2D eigenvalue weighted by molar-refractivity contribution is 0.295. The maximum atomic E-state index is 14.6. The normalized spacial score (nSPS) is 23.2. The third-order valence-electron chi connectivity index (χ3n) is 6.68. The first-order valence-electron chi connectivity index (χ1n) is 11.1. The Labute approximate surface area is 172 Å². The fourth-order valence-corrected chi connectivity index (χ4v) is 5.29. The van der Waals surface area contributed by atoms with E-state index in [9.17, 15) is 8.78 Å². The first-order chi connectivity index (χ1) is 14.1. The molecule has 0 heterocycles. The lowest BCUT2D eigenvalue weighted by atomic mass is 9.85. The van der Waals surface area contributed by atoms with Crippen molar-refractivity contribution in [2.45, 2.75) is 52.4 Å². The standard InChI is InChI=1S/C26H30F2O/c1-3-5-17-10-11-23-20(17)12-13-21(23)18-6-8-19(9-7-18)22-14-15-24(29-16-4-2)26(28)25(22)27/h6-9,13-15,17,20,23H,3-5,10-12,16H2,1-2H3. The summed E-state index contributed by atoms with van der Waals surface area (Å²) < 4.78 is 34.2. The van der Waals surface area contributed by atoms with Crippen molar-refractivity contribution in [3.8, 4) is 16.9 Å². The molecular weight excluding hydrogens is 366 g/mol. The monoisotopic (exact) mass is 396 g/mol. The number of halogens is 2. The molecule has 29 heavy (non-hydrogen) atoms. The highest BCUT2D eigenvalue weighted by Gasteiger charge is 2.40. The number of ether oxygens (including phenoxy) is 1. The van der Waals surface area contributed by atoms with E-state index in [-0.39, 0.29) is 11.3 Å². The van der Waals surface area contributed by atoms with Crippen molar-refractivity contribution in [3.63, 3.8) is 0 Å². The molecule has 154 valence electrons. The third-order valence-corrected chi connectivity index (χ3v) is 6.68. The second-order valence-electron chi connectivity index (χ2n) is 8.46. The number of rotatable bonds is 7. The molecule has 0 radical (unpaired) electrons. The van der Waals surface area contributed by atoms with Crippen molar-refractivity contribution in [1.82, 2.24) is 0 Å². The van der Waals surface area contributed by atoms with E-state index < -0.39 is 11.6 Å². The van der Waals surface area contributed by atoms with E-state index in [1.54, 1.807) is 6.07 Å². The van der Waals surface area contributed by atoms with Gasteiger partial charge < -0.3 is 4.74 Å². The molecule has 0 amide bonds. The number of hydrogen-bond donors (Lipinski definition) is 0. The Morgan fingerprint density at radius 2 is 1.66 bits per heavy atom. The van der Waals surface area contributed by atoms with Crippen molar-refractivity contribution in [3.05, 3.63) is 59.7 Å². The Bertz CT molecular complexity index is 884. The van der Waals surface area contributed by atoms with E-state index in [1.807, 2.05) is 19.1 Å². The van der Waals surface area contributed by atoms with Crippen LogP contribution < -0.4 is 4.74 Å². The highest BCUT2D eigenvalue weighted by Crippen LogP contribution is 2.52. The Balaban J connectivity index is 1.53. The van der Waals surface area contributed by atoms with Crippen molar-refractivity contribution in [2.24, 2.45) is 17.8 Å². The van der Waals surface area contributed by atoms with Crippen molar-refractivity contribution >= 4 is 5.57 Å². The predicted molar refractivity (Wildman–Crippen MR) is 115 cm³/mol. The zero-order valence-corrected chi connectivity index (χ0v) is 17.4. The summed E-state index contributed by atoms with van der Waals surface area (Å²) in [5.41, 5.74) is 3.65. The van der Waals surface area contributed by atoms with E-state index in [1.165, 1.54) is 49.3 Å². The van der Waals surface area contributed by atoms with Gasteiger partial charge in [-0.25, -0.2) is 4.39 Å². The van der Waals surface area contributed by atoms with E-state index in [2.05, 4.69) is 25.1 Å². The largest absolute Gasteiger partial charge is 0.490 e. The summed E-state index contributed by atoms with van der Waals surface area (Å²) in [7, 11) is 0. The quantitative estimate of drug-likeness (QED) is 0.467. The molecule has 1 nitrogen and oxygen atoms in total. The second kappa shape index (κ2) is 8.69. The van der Waals surface area contributed by atoms with E-state index in [0.717, 1.165) is 18.3 Å². The molecule has 3 atom stereocenters. The van der Waals surface area contributed by atoms with Gasteiger partial charge in [0.1, 0.15) is 0 Å². The van der Waals surface area contributed by atoms with Gasteiger partial charge in [-0.3, -0.25) is 0 Å². The lowest BCUT2D eigenvalue weighted by Crippen LogP contribution is -2.10. The van der Waals surface area contributed by atoms with Crippen LogP contribution >= 0.6 is 0 Å². The Morgan fingerprint density at radius 3 is 2.38 bits per heavy atom. The zero-order valence-electron chi connectivity index (χ0n) is 17.4. The van der Waals surface area contributed by atoms with Gasteiger partial charge in [-0.05, 0) is 72.3 Å². The average Bonchev–Trinajstić information content (AvgIpc) is 3.33. The Kier molecular flexibility index (Phi) is 6.03. The van der Waals surface area contributed by atoms with Crippen LogP contribution in [-0.2, 0) is 0 Å². The minimum Gasteiger partial charge on any atom is -0.490 e. The van der Waals surface area contributed by atoms with Gasteiger partial charge in [-0.15, -0.1) is 0 Å². The first-order valence-corrected chi connectivity index (χ1v) is 11.1. The molecule has 0 aliphatic heterocycles. The van der Waals surface area contributed by atoms with Gasteiger partial charge in [0, 0.05) is 5.56 Å². The summed E-state index contributed by atoms with van der Waals surface area (Å²) in [4.78, 5) is 0. The molecule has 0 aromatic heterocycles. The van der Waals surface area contributed by atoms with Gasteiger partial charge >= 0.3 is 0 Å². The number of hydrogen-bond acceptors (Lipinski definition) is 1. The second-order valence-corrected chi connectivity index (χ2v) is 8.46. The first kappa shape index (κ1) is 20.1. The minimum atomic E-state index is -0.908. The molecule has 2 aromatic rings. The summed E-state index contributed by atoms with van der Waals surface area (Å²) in [5.74, 6) is 0.561. The van der Waals surface area contributed by atoms with Crippen LogP contribution in [0.4, 0.5) is 8.78 Å². The van der Waals surface area contributed by atoms with Crippen molar-refractivity contribution in [2.75, 3.05) is 6.61 Å². The highest BCUT2D eigenvalue weighted by atomic mass is 19.2. The summed E-state index contributed by atoms with van der Waals surface area (Å²) in [6, 6.07) is 11.1. The van der Waals surface area contributed by atoms with Gasteiger partial charge in [-0.1, -0.05) is 57.0 Å². The van der Waals surface area contributed by atoms with Crippen molar-refractivity contribution < 1.29 is 13.5 Å². The van der Waals surface area contributed by atoms with Gasteiger partial charge in [0.25, 0.3) is 0 Å². The topological polar surface area (TPSA) is 9.23 Å². The smallest absolute Gasteiger partial charge is 0.201 e. The minimum absolute atomic E-state index is 0.0188. The fourth-order valence-electron chi connectivity index (χ4n) is 5.29. The molecule has 2 aliphatic rings. The molecule has 0 saturated heterocycles. The van der Waals surface area contributed by atoms with Crippen LogP contribution in [0.5, 0.6) is 5.75 Å². The van der Waals surface area contributed by atoms with Gasteiger partial charge in [0.05, 0.1) is 6.61 Å². The SMILES string of the molecule is CCCOc1ccc(-c2ccc(C3=CCC4C(CCC)CCC34)cc2)c(F)c1F. The molecule has 0 N–H and O–H groups in total. The maximum absolute atomic E-state index is 14.6. The molecule has 1 fully saturated rings. The maximum Gasteiger partial charge on any atom is 0.201 e. The van der Waals surface area contributed by atoms with Crippen LogP contribution in [0.2, 0.25) is 0 Å². The molecule has 0 bridgehead atoms. The summed E-state index contributed by atoms with van der Waals surface area (Å²) in [5, 5.41) is 0. The molecular formula is C26H30F2O. The molecule has 2 aromatic carbocycles. The number of fused-ring (bicyclic) bond motifs is 1. The molecule has 4 rings (SSSR count). The van der Waals surface area contributed by atoms with Crippen LogP contribution in [0.15, 0.2) is 42.5 Å². The summed E-state index contributed by atoms with van der Waals surface area (Å²) in [6.07, 6.45) is 9.57. The molecule has 1 saturated carbocycles. The van der Waals surface area contributed by atoms with Crippen molar-refractivity contribution in [1.29, 1.82) is 0 Å². The average molecular weight is 397 g/mol. The van der Waals surface area contributed by atoms with E-state index in [0.29, 0.717) is 18.1 Å². The number of allylic oxidation sites excluding steroid dienone is 2. The predicted octanol–water partition coefficient (Wildman–Crippen LogP) is 7.65. The number of benzene rings is 2. The summed E-state index contributed by atoms with van der Waals surface area (Å²) >= 11 is 0. The molecule has 3 heteroatoms. The lowest BCUT2D eigenvalue weighted by Gasteiger charge is -2.19. The van der Waals surface area contributed by atoms with E-state index >= 15 is 0 Å². The fraction of sp³-hybridized carbons (Fsp3) is 0.462. The Hall–Kier alpha value is -2.16. The molecule has 3 unspecified atom stereocenters. The molecule has 0 spiro atoms. The van der Waals surface area contributed by atoms with Gasteiger partial charge in [0.15, 0.2) is 11.6 Å². The van der Waals surface area contributed by atoms with Crippen LogP contribution in [0, 0.1) is 29.4 Å². The van der Waals surface area contributed by atoms with E-state index in [4.69, 9.17) is 4.74 Å².